The molecule has 0 heterocycles. The average molecular weight is 119 g/mol. The monoisotopic (exact) mass is 119 g/mol. The van der Waals surface area contributed by atoms with Gasteiger partial charge in [-0.3, -0.25) is 0 Å². The summed E-state index contributed by atoms with van der Waals surface area (Å²) >= 11 is 0. The Morgan fingerprint density at radius 2 is 1.86 bits per heavy atom. The van der Waals surface area contributed by atoms with Crippen LogP contribution in [-0.4, -0.2) is 6.16 Å². The fourth-order valence-electron chi connectivity index (χ4n) is 0.217. The summed E-state index contributed by atoms with van der Waals surface area (Å²) < 4.78 is 0. The van der Waals surface area contributed by atoms with Crippen molar-refractivity contribution in [3.05, 3.63) is 0 Å². The largest absolute Gasteiger partial charge is 0.832 e. The smallest absolute Gasteiger partial charge is 0.0357 e. The lowest BCUT2D eigenvalue weighted by Gasteiger charge is -2.19. The van der Waals surface area contributed by atoms with Crippen molar-refractivity contribution < 1.29 is 4.89 Å². The van der Waals surface area contributed by atoms with Gasteiger partial charge >= 0.3 is 0 Å². The Morgan fingerprint density at radius 1 is 1.43 bits per heavy atom. The Morgan fingerprint density at radius 3 is 1.86 bits per heavy atom. The van der Waals surface area contributed by atoms with Gasteiger partial charge in [0.15, 0.2) is 0 Å². The maximum absolute atomic E-state index is 9.97. The summed E-state index contributed by atoms with van der Waals surface area (Å²) in [6.45, 7) is 6.24. The van der Waals surface area contributed by atoms with Gasteiger partial charge < -0.3 is 4.89 Å². The minimum Gasteiger partial charge on any atom is -0.832 e. The summed E-state index contributed by atoms with van der Waals surface area (Å²) in [5, 5.41) is 0. The zero-order valence-electron chi connectivity index (χ0n) is 5.12. The molecule has 0 rings (SSSR count). The Bertz CT molecular complexity index is 46.5. The molecule has 0 aliphatic rings. The number of hydrogen-bond acceptors (Lipinski definition) is 1. The van der Waals surface area contributed by atoms with E-state index in [1.165, 1.54) is 0 Å². The van der Waals surface area contributed by atoms with E-state index >= 15 is 0 Å². The molecule has 0 aromatic heterocycles. The predicted octanol–water partition coefficient (Wildman–Crippen LogP) is 0.986. The van der Waals surface area contributed by atoms with E-state index in [1.54, 1.807) is 0 Å². The van der Waals surface area contributed by atoms with Crippen molar-refractivity contribution in [2.75, 3.05) is 6.16 Å². The van der Waals surface area contributed by atoms with E-state index in [9.17, 15) is 4.89 Å². The molecule has 0 radical (unpaired) electrons. The Kier molecular flexibility index (Phi) is 2.78. The van der Waals surface area contributed by atoms with Crippen LogP contribution in [-0.2, 0) is 0 Å². The van der Waals surface area contributed by atoms with Gasteiger partial charge in [0.25, 0.3) is 0 Å². The van der Waals surface area contributed by atoms with Gasteiger partial charge in [-0.25, -0.2) is 8.81 Å². The van der Waals surface area contributed by atoms with Gasteiger partial charge in [0.1, 0.15) is 0 Å². The topological polar surface area (TPSA) is 23.1 Å². The third kappa shape index (κ3) is 6.39. The highest BCUT2D eigenvalue weighted by Crippen LogP contribution is 2.18. The second-order valence-electron chi connectivity index (χ2n) is 2.88. The summed E-state index contributed by atoms with van der Waals surface area (Å²) in [6, 6.07) is 0. The highest BCUT2D eigenvalue weighted by Gasteiger charge is 2.04. The van der Waals surface area contributed by atoms with Crippen molar-refractivity contribution in [3.8, 4) is 0 Å². The predicted molar refractivity (Wildman–Crippen MR) is 32.6 cm³/mol. The fourth-order valence-corrected chi connectivity index (χ4v) is 0.650. The number of rotatable bonds is 1. The van der Waals surface area contributed by atoms with Crippen LogP contribution >= 0.6 is 8.81 Å². The standard InChI is InChI=1S/C5H12OP/c1-5(2,3)4-7-6/h7H,4H2,1-3H3/q-1. The number of hydrogen-bond donors (Lipinski definition) is 0. The molecule has 0 aromatic carbocycles. The summed E-state index contributed by atoms with van der Waals surface area (Å²) in [7, 11) is -0.141. The van der Waals surface area contributed by atoms with Gasteiger partial charge in [-0.05, 0) is 11.6 Å². The molecule has 1 nitrogen and oxygen atoms in total. The highest BCUT2D eigenvalue weighted by molar-refractivity contribution is 7.29. The van der Waals surface area contributed by atoms with Crippen molar-refractivity contribution >= 4 is 8.81 Å². The zero-order valence-corrected chi connectivity index (χ0v) is 6.12. The first-order valence-corrected chi connectivity index (χ1v) is 3.53. The van der Waals surface area contributed by atoms with Crippen LogP contribution in [0.1, 0.15) is 20.8 Å². The van der Waals surface area contributed by atoms with E-state index in [2.05, 4.69) is 20.8 Å². The van der Waals surface area contributed by atoms with E-state index in [4.69, 9.17) is 0 Å². The van der Waals surface area contributed by atoms with Gasteiger partial charge in [0.05, 0.1) is 0 Å². The molecule has 44 valence electrons. The first kappa shape index (κ1) is 7.39. The van der Waals surface area contributed by atoms with Crippen LogP contribution in [0.3, 0.4) is 0 Å². The van der Waals surface area contributed by atoms with Gasteiger partial charge in [0.2, 0.25) is 0 Å². The van der Waals surface area contributed by atoms with Crippen LogP contribution < -0.4 is 4.89 Å². The summed E-state index contributed by atoms with van der Waals surface area (Å²) in [4.78, 5) is 9.97. The van der Waals surface area contributed by atoms with E-state index in [0.717, 1.165) is 6.16 Å². The average Bonchev–Trinajstić information content (AvgIpc) is 1.30. The van der Waals surface area contributed by atoms with Gasteiger partial charge in [-0.15, -0.1) is 0 Å². The van der Waals surface area contributed by atoms with Gasteiger partial charge in [0, 0.05) is 0 Å². The SMILES string of the molecule is CC(C)(C)CP[O-]. The molecule has 0 amide bonds. The molecule has 0 saturated heterocycles. The van der Waals surface area contributed by atoms with Crippen molar-refractivity contribution in [1.29, 1.82) is 0 Å². The highest BCUT2D eigenvalue weighted by atomic mass is 31.1. The summed E-state index contributed by atoms with van der Waals surface area (Å²) in [6.07, 6.45) is 0.812. The quantitative estimate of drug-likeness (QED) is 0.472. The second-order valence-corrected chi connectivity index (χ2v) is 3.52. The molecular weight excluding hydrogens is 107 g/mol. The first-order chi connectivity index (χ1) is 3.06. The van der Waals surface area contributed by atoms with E-state index < -0.39 is 0 Å². The molecule has 0 saturated carbocycles. The third-order valence-corrected chi connectivity index (χ3v) is 1.81. The molecule has 0 N–H and O–H groups in total. The second kappa shape index (κ2) is 2.64. The lowest BCUT2D eigenvalue weighted by atomic mass is 10.0. The van der Waals surface area contributed by atoms with Crippen molar-refractivity contribution in [2.45, 2.75) is 20.8 Å². The van der Waals surface area contributed by atoms with Crippen LogP contribution in [0.25, 0.3) is 0 Å². The van der Waals surface area contributed by atoms with Crippen molar-refractivity contribution in [3.63, 3.8) is 0 Å². The molecular formula is C5H12OP-. The van der Waals surface area contributed by atoms with Crippen molar-refractivity contribution in [2.24, 2.45) is 5.41 Å². The first-order valence-electron chi connectivity index (χ1n) is 2.41. The normalized spacial score (nSPS) is 13.7. The molecule has 1 unspecified atom stereocenters. The lowest BCUT2D eigenvalue weighted by Crippen LogP contribution is -2.09. The minimum absolute atomic E-state index is 0.141. The summed E-state index contributed by atoms with van der Waals surface area (Å²) in [5.74, 6) is 0. The van der Waals surface area contributed by atoms with E-state index in [1.807, 2.05) is 0 Å². The van der Waals surface area contributed by atoms with Crippen LogP contribution in [0.5, 0.6) is 0 Å². The minimum atomic E-state index is -0.141. The molecule has 7 heavy (non-hydrogen) atoms. The maximum atomic E-state index is 9.97. The van der Waals surface area contributed by atoms with Crippen LogP contribution in [0, 0.1) is 5.41 Å². The molecule has 0 spiro atoms. The summed E-state index contributed by atoms with van der Waals surface area (Å²) in [5.41, 5.74) is 0.250. The molecule has 0 aromatic rings. The fraction of sp³-hybridized carbons (Fsp3) is 1.00. The Hall–Kier alpha value is 0.390. The van der Waals surface area contributed by atoms with Crippen LogP contribution in [0.4, 0.5) is 0 Å². The molecule has 0 aliphatic carbocycles. The Balaban J connectivity index is 3.15. The Labute approximate surface area is 47.0 Å². The molecule has 0 aliphatic heterocycles. The lowest BCUT2D eigenvalue weighted by molar-refractivity contribution is -0.151. The van der Waals surface area contributed by atoms with Crippen LogP contribution in [0.15, 0.2) is 0 Å². The van der Waals surface area contributed by atoms with Gasteiger partial charge in [-0.2, -0.15) is 0 Å². The molecule has 0 fully saturated rings. The molecule has 0 bridgehead atoms. The zero-order chi connectivity index (χ0) is 5.91. The molecule has 2 heteroatoms. The molecule has 1 atom stereocenters. The third-order valence-electron chi connectivity index (χ3n) is 0.602. The van der Waals surface area contributed by atoms with Gasteiger partial charge in [-0.1, -0.05) is 20.8 Å². The maximum Gasteiger partial charge on any atom is -0.0357 e. The van der Waals surface area contributed by atoms with Crippen molar-refractivity contribution in [1.82, 2.24) is 0 Å². The van der Waals surface area contributed by atoms with Crippen LogP contribution in [0.2, 0.25) is 0 Å². The van der Waals surface area contributed by atoms with E-state index in [0.29, 0.717) is 0 Å². The van der Waals surface area contributed by atoms with E-state index in [-0.39, 0.29) is 14.2 Å².